The lowest BCUT2D eigenvalue weighted by molar-refractivity contribution is 1.34. The van der Waals surface area contributed by atoms with Gasteiger partial charge in [0.1, 0.15) is 9.68 Å². The minimum absolute atomic E-state index is 0.287. The Morgan fingerprint density at radius 2 is 1.47 bits per heavy atom. The van der Waals surface area contributed by atoms with Crippen LogP contribution < -0.4 is 24.3 Å². The lowest BCUT2D eigenvalue weighted by atomic mass is 10.4. The first kappa shape index (κ1) is 14.6. The molecule has 7 heteroatoms. The lowest BCUT2D eigenvalue weighted by Crippen LogP contribution is -2.61. The predicted molar refractivity (Wildman–Crippen MR) is 95.7 cm³/mol. The smallest absolute Gasteiger partial charge is 0.204 e. The monoisotopic (exact) mass is 319 g/mol. The molecule has 1 atom stereocenters. The molecule has 0 bridgehead atoms. The minimum Gasteiger partial charge on any atom is -0.360 e. The second kappa shape index (κ2) is 8.38. The van der Waals surface area contributed by atoms with E-state index in [0.29, 0.717) is 0 Å². The fraction of sp³-hybridized carbons (Fsp3) is 0. The molecule has 3 nitrogen and oxygen atoms in total. The van der Waals surface area contributed by atoms with E-state index < -0.39 is 9.12 Å². The SMILES string of the molecule is [SiH3]N[SiH2]N[SiH](N[SiH2]c1ccccc1)c1ccccc1. The second-order valence-corrected chi connectivity index (χ2v) is 13.6. The molecule has 2 aromatic carbocycles. The van der Waals surface area contributed by atoms with Crippen LogP contribution >= 0.6 is 0 Å². The second-order valence-electron chi connectivity index (χ2n) is 4.44. The third-order valence-corrected chi connectivity index (χ3v) is 11.2. The van der Waals surface area contributed by atoms with Crippen molar-refractivity contribution < 1.29 is 0 Å². The van der Waals surface area contributed by atoms with Crippen LogP contribution in [0.4, 0.5) is 0 Å². The van der Waals surface area contributed by atoms with Gasteiger partial charge in [0.15, 0.2) is 9.84 Å². The van der Waals surface area contributed by atoms with Gasteiger partial charge in [0.25, 0.3) is 0 Å². The largest absolute Gasteiger partial charge is 0.360 e. The minimum atomic E-state index is -1.20. The summed E-state index contributed by atoms with van der Waals surface area (Å²) in [5.41, 5.74) is 0. The summed E-state index contributed by atoms with van der Waals surface area (Å²) in [5, 5.41) is 2.95. The van der Waals surface area contributed by atoms with E-state index in [1.807, 2.05) is 0 Å². The third-order valence-electron chi connectivity index (χ3n) is 2.97. The molecule has 19 heavy (non-hydrogen) atoms. The van der Waals surface area contributed by atoms with Crippen LogP contribution in [0.1, 0.15) is 0 Å². The Labute approximate surface area is 124 Å². The van der Waals surface area contributed by atoms with Crippen molar-refractivity contribution in [2.45, 2.75) is 0 Å². The standard InChI is InChI=1S/C12H21N3Si4/c16-13-18-15-19(12-9-5-2-6-10-12)14-17-11-7-3-1-4-8-11/h1-10,13-15,19H,17-18H2,16H3. The van der Waals surface area contributed by atoms with Gasteiger partial charge in [0.05, 0.1) is 10.4 Å². The maximum absolute atomic E-state index is 3.86. The summed E-state index contributed by atoms with van der Waals surface area (Å²) in [4.78, 5) is 0. The summed E-state index contributed by atoms with van der Waals surface area (Å²) in [6.45, 7) is 0. The van der Waals surface area contributed by atoms with E-state index in [1.54, 1.807) is 0 Å². The molecular weight excluding hydrogens is 298 g/mol. The van der Waals surface area contributed by atoms with Crippen molar-refractivity contribution in [1.29, 1.82) is 0 Å². The van der Waals surface area contributed by atoms with Crippen LogP contribution in [-0.2, 0) is 0 Å². The first-order valence-corrected chi connectivity index (χ1v) is 12.2. The van der Waals surface area contributed by atoms with Gasteiger partial charge in [-0.1, -0.05) is 65.9 Å². The van der Waals surface area contributed by atoms with Crippen LogP contribution in [-0.4, -0.2) is 39.0 Å². The van der Waals surface area contributed by atoms with E-state index in [0.717, 1.165) is 10.4 Å². The third kappa shape index (κ3) is 4.99. The van der Waals surface area contributed by atoms with Gasteiger partial charge >= 0.3 is 0 Å². The Bertz CT molecular complexity index is 469. The van der Waals surface area contributed by atoms with E-state index in [1.165, 1.54) is 10.4 Å². The summed E-state index contributed by atoms with van der Waals surface area (Å²) < 4.78 is 11.1. The number of hydrogen-bond acceptors (Lipinski definition) is 3. The first-order chi connectivity index (χ1) is 9.40. The van der Waals surface area contributed by atoms with Gasteiger partial charge in [-0.05, 0) is 5.19 Å². The molecule has 0 aliphatic heterocycles. The highest BCUT2D eigenvalue weighted by Gasteiger charge is 2.11. The molecule has 0 radical (unpaired) electrons. The summed E-state index contributed by atoms with van der Waals surface area (Å²) in [7, 11) is -0.767. The topological polar surface area (TPSA) is 36.1 Å². The number of hydrogen-bond donors (Lipinski definition) is 3. The molecular formula is C12H21N3Si4. The van der Waals surface area contributed by atoms with Gasteiger partial charge in [0.2, 0.25) is 9.12 Å². The number of benzene rings is 2. The maximum atomic E-state index is 3.86. The van der Waals surface area contributed by atoms with Gasteiger partial charge in [-0.3, -0.25) is 0 Å². The number of nitrogens with one attached hydrogen (secondary N) is 3. The Morgan fingerprint density at radius 1 is 0.842 bits per heavy atom. The van der Waals surface area contributed by atoms with Gasteiger partial charge in [-0.15, -0.1) is 0 Å². The van der Waals surface area contributed by atoms with Crippen LogP contribution in [0.3, 0.4) is 0 Å². The van der Waals surface area contributed by atoms with Crippen molar-refractivity contribution in [2.75, 3.05) is 0 Å². The van der Waals surface area contributed by atoms with E-state index >= 15 is 0 Å². The number of rotatable bonds is 7. The van der Waals surface area contributed by atoms with Crippen molar-refractivity contribution in [3.05, 3.63) is 60.7 Å². The Morgan fingerprint density at radius 3 is 2.11 bits per heavy atom. The summed E-state index contributed by atoms with van der Waals surface area (Å²) >= 11 is 0. The molecule has 0 heterocycles. The molecule has 1 unspecified atom stereocenters. The summed E-state index contributed by atoms with van der Waals surface area (Å²) in [6.07, 6.45) is 0. The van der Waals surface area contributed by atoms with Crippen molar-refractivity contribution in [1.82, 2.24) is 13.9 Å². The molecule has 100 valence electrons. The summed E-state index contributed by atoms with van der Waals surface area (Å²) in [6, 6.07) is 21.7. The molecule has 0 saturated carbocycles. The van der Waals surface area contributed by atoms with Crippen LogP contribution in [0.25, 0.3) is 0 Å². The average molecular weight is 320 g/mol. The van der Waals surface area contributed by atoms with Crippen molar-refractivity contribution in [3.63, 3.8) is 0 Å². The molecule has 0 fully saturated rings. The summed E-state index contributed by atoms with van der Waals surface area (Å²) in [5.74, 6) is 0. The highest BCUT2D eigenvalue weighted by atomic mass is 28.4. The first-order valence-electron chi connectivity index (χ1n) is 6.60. The fourth-order valence-electron chi connectivity index (χ4n) is 1.97. The Kier molecular flexibility index (Phi) is 6.43. The maximum Gasteiger partial charge on any atom is 0.204 e. The molecule has 0 saturated heterocycles. The van der Waals surface area contributed by atoms with E-state index in [4.69, 9.17) is 0 Å². The van der Waals surface area contributed by atoms with Crippen LogP contribution in [0.5, 0.6) is 0 Å². The van der Waals surface area contributed by atoms with E-state index in [-0.39, 0.29) is 19.5 Å². The van der Waals surface area contributed by atoms with Gasteiger partial charge in [0, 0.05) is 0 Å². The molecule has 0 aromatic heterocycles. The molecule has 0 spiro atoms. The van der Waals surface area contributed by atoms with Crippen LogP contribution in [0, 0.1) is 0 Å². The molecule has 3 N–H and O–H groups in total. The zero-order chi connectivity index (χ0) is 13.3. The van der Waals surface area contributed by atoms with Crippen LogP contribution in [0.15, 0.2) is 60.7 Å². The van der Waals surface area contributed by atoms with Gasteiger partial charge in [-0.25, -0.2) is 0 Å². The predicted octanol–water partition coefficient (Wildman–Crippen LogP) is -3.43. The molecule has 0 aliphatic carbocycles. The van der Waals surface area contributed by atoms with Gasteiger partial charge < -0.3 is 13.9 Å². The van der Waals surface area contributed by atoms with Crippen molar-refractivity contribution in [2.24, 2.45) is 0 Å². The fourth-order valence-corrected chi connectivity index (χ4v) is 12.1. The average Bonchev–Trinajstić information content (AvgIpc) is 2.49. The Hall–Kier alpha value is -0.812. The highest BCUT2D eigenvalue weighted by molar-refractivity contribution is 6.81. The normalized spacial score (nSPS) is 13.7. The van der Waals surface area contributed by atoms with Gasteiger partial charge in [-0.2, -0.15) is 0 Å². The molecule has 0 amide bonds. The Balaban J connectivity index is 1.98. The highest BCUT2D eigenvalue weighted by Crippen LogP contribution is 1.84. The van der Waals surface area contributed by atoms with E-state index in [2.05, 4.69) is 74.6 Å². The molecule has 2 aromatic rings. The quantitative estimate of drug-likeness (QED) is 0.465. The molecule has 0 aliphatic rings. The van der Waals surface area contributed by atoms with Crippen molar-refractivity contribution in [3.8, 4) is 0 Å². The zero-order valence-electron chi connectivity index (χ0n) is 11.3. The molecule has 2 rings (SSSR count). The lowest BCUT2D eigenvalue weighted by Gasteiger charge is -2.18. The van der Waals surface area contributed by atoms with E-state index in [9.17, 15) is 0 Å². The zero-order valence-corrected chi connectivity index (χ0v) is 17.2. The van der Waals surface area contributed by atoms with Crippen molar-refractivity contribution >= 4 is 49.4 Å². The van der Waals surface area contributed by atoms with Crippen LogP contribution in [0.2, 0.25) is 0 Å².